The molecule has 1 aromatic rings. The Bertz CT molecular complexity index is 574. The lowest BCUT2D eigenvalue weighted by Crippen LogP contribution is -2.53. The molecular formula is C17H24O7. The maximum Gasteiger partial charge on any atom is 0.303 e. The van der Waals surface area contributed by atoms with Crippen LogP contribution in [0.4, 0.5) is 0 Å². The van der Waals surface area contributed by atoms with Crippen molar-refractivity contribution >= 4 is 5.97 Å². The van der Waals surface area contributed by atoms with E-state index in [0.717, 1.165) is 5.56 Å². The number of carboxylic acid groups (broad SMARTS) is 1. The third-order valence-corrected chi connectivity index (χ3v) is 4.31. The molecular weight excluding hydrogens is 316 g/mol. The van der Waals surface area contributed by atoms with Crippen LogP contribution in [0, 0.1) is 0 Å². The van der Waals surface area contributed by atoms with E-state index in [1.54, 1.807) is 19.1 Å². The van der Waals surface area contributed by atoms with Crippen LogP contribution in [0.25, 0.3) is 0 Å². The molecule has 24 heavy (non-hydrogen) atoms. The first-order valence-corrected chi connectivity index (χ1v) is 7.93. The van der Waals surface area contributed by atoms with Gasteiger partial charge in [-0.2, -0.15) is 0 Å². The first-order chi connectivity index (χ1) is 11.3. The number of hydrogen-bond donors (Lipinski definition) is 4. The summed E-state index contributed by atoms with van der Waals surface area (Å²) in [6.45, 7) is 1.62. The fraction of sp³-hybridized carbons (Fsp3) is 0.588. The van der Waals surface area contributed by atoms with Crippen LogP contribution < -0.4 is 4.74 Å². The second kappa shape index (κ2) is 7.94. The molecule has 0 unspecified atom stereocenters. The van der Waals surface area contributed by atoms with Crippen molar-refractivity contribution in [1.82, 2.24) is 0 Å². The van der Waals surface area contributed by atoms with E-state index >= 15 is 0 Å². The predicted octanol–water partition coefficient (Wildman–Crippen LogP) is 0.645. The van der Waals surface area contributed by atoms with E-state index in [0.29, 0.717) is 24.2 Å². The summed E-state index contributed by atoms with van der Waals surface area (Å²) in [7, 11) is 1.49. The van der Waals surface area contributed by atoms with Crippen molar-refractivity contribution in [2.24, 2.45) is 0 Å². The van der Waals surface area contributed by atoms with Crippen molar-refractivity contribution in [3.05, 3.63) is 29.3 Å². The molecule has 4 N–H and O–H groups in total. The minimum Gasteiger partial charge on any atom is -0.496 e. The first kappa shape index (κ1) is 18.7. The highest BCUT2D eigenvalue weighted by Crippen LogP contribution is 2.37. The largest absolute Gasteiger partial charge is 0.496 e. The summed E-state index contributed by atoms with van der Waals surface area (Å²) < 4.78 is 11.0. The number of benzene rings is 1. The molecule has 1 saturated heterocycles. The van der Waals surface area contributed by atoms with Crippen molar-refractivity contribution in [2.75, 3.05) is 7.11 Å². The Morgan fingerprint density at radius 1 is 1.21 bits per heavy atom. The number of carboxylic acids is 1. The van der Waals surface area contributed by atoms with Gasteiger partial charge in [0.2, 0.25) is 0 Å². The van der Waals surface area contributed by atoms with Gasteiger partial charge in [-0.3, -0.25) is 4.79 Å². The second-order valence-corrected chi connectivity index (χ2v) is 6.06. The van der Waals surface area contributed by atoms with Gasteiger partial charge in [0.1, 0.15) is 30.2 Å². The molecule has 0 amide bonds. The minimum atomic E-state index is -1.32. The van der Waals surface area contributed by atoms with E-state index in [1.165, 1.54) is 7.11 Å². The van der Waals surface area contributed by atoms with Gasteiger partial charge in [-0.15, -0.1) is 0 Å². The molecule has 0 saturated carbocycles. The summed E-state index contributed by atoms with van der Waals surface area (Å²) in [5, 5.41) is 38.8. The molecule has 1 aliphatic rings. The van der Waals surface area contributed by atoms with Crippen LogP contribution in [0.2, 0.25) is 0 Å². The Morgan fingerprint density at radius 3 is 2.54 bits per heavy atom. The molecule has 0 aromatic heterocycles. The van der Waals surface area contributed by atoms with Crippen molar-refractivity contribution in [1.29, 1.82) is 0 Å². The molecule has 0 bridgehead atoms. The smallest absolute Gasteiger partial charge is 0.303 e. The van der Waals surface area contributed by atoms with Gasteiger partial charge in [-0.1, -0.05) is 6.07 Å². The summed E-state index contributed by atoms with van der Waals surface area (Å²) in [5.41, 5.74) is 1.45. The second-order valence-electron chi connectivity index (χ2n) is 6.06. The third-order valence-electron chi connectivity index (χ3n) is 4.31. The highest BCUT2D eigenvalue weighted by Gasteiger charge is 2.43. The number of ether oxygens (including phenoxy) is 2. The molecule has 1 heterocycles. The Balaban J connectivity index is 2.24. The molecule has 0 spiro atoms. The first-order valence-electron chi connectivity index (χ1n) is 7.93. The summed E-state index contributed by atoms with van der Waals surface area (Å²) >= 11 is 0. The van der Waals surface area contributed by atoms with Crippen molar-refractivity contribution in [2.45, 2.75) is 56.7 Å². The molecule has 7 nitrogen and oxygen atoms in total. The van der Waals surface area contributed by atoms with Crippen LogP contribution >= 0.6 is 0 Å². The zero-order chi connectivity index (χ0) is 17.9. The van der Waals surface area contributed by atoms with Crippen molar-refractivity contribution in [3.8, 4) is 5.75 Å². The van der Waals surface area contributed by atoms with Gasteiger partial charge in [0.15, 0.2) is 0 Å². The van der Waals surface area contributed by atoms with E-state index in [4.69, 9.17) is 14.6 Å². The van der Waals surface area contributed by atoms with Gasteiger partial charge in [-0.05, 0) is 37.5 Å². The number of aliphatic hydroxyl groups is 3. The number of methoxy groups -OCH3 is 1. The fourth-order valence-corrected chi connectivity index (χ4v) is 2.91. The highest BCUT2D eigenvalue weighted by molar-refractivity contribution is 5.66. The molecule has 1 aliphatic heterocycles. The summed E-state index contributed by atoms with van der Waals surface area (Å²) in [6, 6.07) is 5.34. The van der Waals surface area contributed by atoms with Gasteiger partial charge >= 0.3 is 5.97 Å². The molecule has 1 fully saturated rings. The van der Waals surface area contributed by atoms with E-state index in [1.807, 2.05) is 6.07 Å². The lowest BCUT2D eigenvalue weighted by atomic mass is 9.90. The normalized spacial score (nSPS) is 30.1. The van der Waals surface area contributed by atoms with Gasteiger partial charge in [0, 0.05) is 12.0 Å². The standard InChI is InChI=1S/C17H24O7/c1-9-14(20)15(21)16(22)17(24-9)11-8-10(4-3-5-13(18)19)6-7-12(11)23-2/h6-9,14-17,20-22H,3-5H2,1-2H3,(H,18,19)/t9-,14+,15+,16-,17+/m0/s1. The van der Waals surface area contributed by atoms with Gasteiger partial charge in [0.05, 0.1) is 13.2 Å². The van der Waals surface area contributed by atoms with Crippen LogP contribution in [0.5, 0.6) is 5.75 Å². The molecule has 0 radical (unpaired) electrons. The highest BCUT2D eigenvalue weighted by atomic mass is 16.5. The van der Waals surface area contributed by atoms with Crippen LogP contribution in [0.1, 0.15) is 37.0 Å². The molecule has 2 rings (SSSR count). The number of aryl methyl sites for hydroxylation is 1. The van der Waals surface area contributed by atoms with Crippen molar-refractivity contribution in [3.63, 3.8) is 0 Å². The Kier molecular flexibility index (Phi) is 6.17. The average Bonchev–Trinajstić information content (AvgIpc) is 2.56. The van der Waals surface area contributed by atoms with Gasteiger partial charge in [0.25, 0.3) is 0 Å². The number of carbonyl (C=O) groups is 1. The summed E-state index contributed by atoms with van der Waals surface area (Å²) in [6.07, 6.45) is -4.13. The lowest BCUT2D eigenvalue weighted by molar-refractivity contribution is -0.219. The van der Waals surface area contributed by atoms with Gasteiger partial charge in [-0.25, -0.2) is 0 Å². The number of aliphatic carboxylic acids is 1. The van der Waals surface area contributed by atoms with E-state index < -0.39 is 36.5 Å². The summed E-state index contributed by atoms with van der Waals surface area (Å²) in [5.74, 6) is -0.350. The molecule has 0 aliphatic carbocycles. The van der Waals surface area contributed by atoms with Crippen molar-refractivity contribution < 1.29 is 34.7 Å². The van der Waals surface area contributed by atoms with E-state index in [-0.39, 0.29) is 6.42 Å². The maximum atomic E-state index is 10.6. The Labute approximate surface area is 140 Å². The fourth-order valence-electron chi connectivity index (χ4n) is 2.91. The quantitative estimate of drug-likeness (QED) is 0.600. The van der Waals surface area contributed by atoms with Crippen LogP contribution in [-0.4, -0.2) is 57.9 Å². The lowest BCUT2D eigenvalue weighted by Gasteiger charge is -2.40. The van der Waals surface area contributed by atoms with Crippen LogP contribution in [0.3, 0.4) is 0 Å². The van der Waals surface area contributed by atoms with E-state index in [2.05, 4.69) is 0 Å². The maximum absolute atomic E-state index is 10.6. The summed E-state index contributed by atoms with van der Waals surface area (Å²) in [4.78, 5) is 10.6. The van der Waals surface area contributed by atoms with Gasteiger partial charge < -0.3 is 29.9 Å². The molecule has 134 valence electrons. The van der Waals surface area contributed by atoms with E-state index in [9.17, 15) is 20.1 Å². The average molecular weight is 340 g/mol. The number of hydrogen-bond acceptors (Lipinski definition) is 6. The molecule has 7 heteroatoms. The zero-order valence-corrected chi connectivity index (χ0v) is 13.8. The number of aliphatic hydroxyl groups excluding tert-OH is 3. The number of rotatable bonds is 6. The third kappa shape index (κ3) is 4.05. The Hall–Kier alpha value is -1.67. The predicted molar refractivity (Wildman–Crippen MR) is 84.9 cm³/mol. The monoisotopic (exact) mass is 340 g/mol. The SMILES string of the molecule is COc1ccc(CCCC(=O)O)cc1[C@H]1O[C@@H](C)[C@@H](O)[C@@H](O)[C@@H]1O. The molecule has 1 aromatic carbocycles. The molecule has 5 atom stereocenters. The zero-order valence-electron chi connectivity index (χ0n) is 13.8. The topological polar surface area (TPSA) is 116 Å². The Morgan fingerprint density at radius 2 is 1.92 bits per heavy atom. The van der Waals surface area contributed by atoms with Crippen LogP contribution in [-0.2, 0) is 16.0 Å². The van der Waals surface area contributed by atoms with Crippen LogP contribution in [0.15, 0.2) is 18.2 Å². The minimum absolute atomic E-state index is 0.0753.